The van der Waals surface area contributed by atoms with E-state index in [2.05, 4.69) is 26.1 Å². The number of halogens is 1. The van der Waals surface area contributed by atoms with Gasteiger partial charge in [-0.15, -0.1) is 0 Å². The lowest BCUT2D eigenvalue weighted by atomic mass is 9.97. The van der Waals surface area contributed by atoms with Gasteiger partial charge in [-0.3, -0.25) is 10.1 Å². The van der Waals surface area contributed by atoms with Crippen LogP contribution in [0.5, 0.6) is 0 Å². The van der Waals surface area contributed by atoms with Crippen molar-refractivity contribution in [3.8, 4) is 0 Å². The minimum atomic E-state index is -0.493. The maximum atomic E-state index is 12.9. The van der Waals surface area contributed by atoms with Crippen LogP contribution >= 0.6 is 11.6 Å². The van der Waals surface area contributed by atoms with Gasteiger partial charge in [-0.05, 0) is 43.9 Å². The smallest absolute Gasteiger partial charge is 0.244 e. The minimum absolute atomic E-state index is 0.0860. The fraction of sp³-hybridized carbons (Fsp3) is 0.588. The number of benzene rings is 1. The molecule has 0 aromatic heterocycles. The lowest BCUT2D eigenvalue weighted by Gasteiger charge is -2.33. The Kier molecular flexibility index (Phi) is 4.64. The number of carbonyl (C=O) groups excluding carboxylic acids is 1. The van der Waals surface area contributed by atoms with E-state index in [4.69, 9.17) is 11.6 Å². The van der Waals surface area contributed by atoms with Gasteiger partial charge in [0.1, 0.15) is 6.17 Å². The Balaban J connectivity index is 2.41. The van der Waals surface area contributed by atoms with Crippen molar-refractivity contribution in [1.82, 2.24) is 10.2 Å². The summed E-state index contributed by atoms with van der Waals surface area (Å²) in [7, 11) is 0. The number of amides is 1. The molecule has 3 unspecified atom stereocenters. The molecule has 2 rings (SSSR count). The maximum absolute atomic E-state index is 12.9. The molecule has 1 aliphatic rings. The van der Waals surface area contributed by atoms with Gasteiger partial charge in [0.15, 0.2) is 0 Å². The van der Waals surface area contributed by atoms with E-state index >= 15 is 0 Å². The number of rotatable bonds is 4. The summed E-state index contributed by atoms with van der Waals surface area (Å²) in [4.78, 5) is 14.9. The molecule has 1 aromatic carbocycles. The van der Waals surface area contributed by atoms with Crippen LogP contribution < -0.4 is 5.32 Å². The molecule has 1 fully saturated rings. The first-order valence-corrected chi connectivity index (χ1v) is 8.04. The van der Waals surface area contributed by atoms with Gasteiger partial charge in [0, 0.05) is 11.1 Å². The Morgan fingerprint density at radius 1 is 1.29 bits per heavy atom. The molecular formula is C17H25ClN2O. The number of hydrogen-bond acceptors (Lipinski definition) is 2. The Labute approximate surface area is 132 Å². The van der Waals surface area contributed by atoms with Gasteiger partial charge >= 0.3 is 0 Å². The third kappa shape index (κ3) is 2.95. The second-order valence-electron chi connectivity index (χ2n) is 6.48. The van der Waals surface area contributed by atoms with Crippen molar-refractivity contribution in [2.24, 2.45) is 5.92 Å². The first-order valence-electron chi connectivity index (χ1n) is 7.66. The zero-order valence-corrected chi connectivity index (χ0v) is 14.2. The van der Waals surface area contributed by atoms with Crippen molar-refractivity contribution in [3.63, 3.8) is 0 Å². The Hall–Kier alpha value is -1.06. The second-order valence-corrected chi connectivity index (χ2v) is 6.92. The van der Waals surface area contributed by atoms with E-state index in [0.29, 0.717) is 10.9 Å². The maximum Gasteiger partial charge on any atom is 0.244 e. The van der Waals surface area contributed by atoms with Crippen LogP contribution in [0, 0.1) is 5.92 Å². The van der Waals surface area contributed by atoms with Crippen molar-refractivity contribution >= 4 is 17.5 Å². The predicted octanol–water partition coefficient (Wildman–Crippen LogP) is 3.98. The van der Waals surface area contributed by atoms with Crippen LogP contribution in [0.4, 0.5) is 0 Å². The topological polar surface area (TPSA) is 32.3 Å². The standard InChI is InChI=1S/C17H25ClN2O/c1-6-17(5)16(21)20(12(4)11(2)3)15(19-17)13-7-9-14(18)10-8-13/h7-12,15,19H,6H2,1-5H3. The van der Waals surface area contributed by atoms with E-state index in [-0.39, 0.29) is 18.1 Å². The van der Waals surface area contributed by atoms with E-state index < -0.39 is 5.54 Å². The summed E-state index contributed by atoms with van der Waals surface area (Å²) in [5.41, 5.74) is 0.588. The van der Waals surface area contributed by atoms with E-state index in [1.807, 2.05) is 43.0 Å². The molecule has 0 radical (unpaired) electrons. The first kappa shape index (κ1) is 16.3. The molecule has 21 heavy (non-hydrogen) atoms. The summed E-state index contributed by atoms with van der Waals surface area (Å²) in [6.45, 7) is 10.5. The van der Waals surface area contributed by atoms with Crippen molar-refractivity contribution in [3.05, 3.63) is 34.9 Å². The Morgan fingerprint density at radius 2 is 1.86 bits per heavy atom. The predicted molar refractivity (Wildman–Crippen MR) is 87.2 cm³/mol. The van der Waals surface area contributed by atoms with E-state index in [9.17, 15) is 4.79 Å². The average molecular weight is 309 g/mol. The fourth-order valence-corrected chi connectivity index (χ4v) is 2.84. The highest BCUT2D eigenvalue weighted by molar-refractivity contribution is 6.30. The molecule has 0 saturated carbocycles. The molecule has 3 nitrogen and oxygen atoms in total. The third-order valence-corrected chi connectivity index (χ3v) is 4.99. The molecular weight excluding hydrogens is 284 g/mol. The van der Waals surface area contributed by atoms with Crippen molar-refractivity contribution < 1.29 is 4.79 Å². The summed E-state index contributed by atoms with van der Waals surface area (Å²) >= 11 is 5.98. The fourth-order valence-electron chi connectivity index (χ4n) is 2.72. The van der Waals surface area contributed by atoms with Crippen LogP contribution in [0.3, 0.4) is 0 Å². The number of carbonyl (C=O) groups is 1. The van der Waals surface area contributed by atoms with Crippen LogP contribution in [-0.4, -0.2) is 22.4 Å². The normalized spacial score (nSPS) is 27.5. The molecule has 0 spiro atoms. The molecule has 4 heteroatoms. The van der Waals surface area contributed by atoms with Gasteiger partial charge in [-0.2, -0.15) is 0 Å². The lowest BCUT2D eigenvalue weighted by Crippen LogP contribution is -2.45. The van der Waals surface area contributed by atoms with Crippen LogP contribution in [0.25, 0.3) is 0 Å². The van der Waals surface area contributed by atoms with Gasteiger partial charge in [0.05, 0.1) is 5.54 Å². The summed E-state index contributed by atoms with van der Waals surface area (Å²) in [6.07, 6.45) is 0.689. The van der Waals surface area contributed by atoms with Gasteiger partial charge < -0.3 is 4.90 Å². The molecule has 116 valence electrons. The largest absolute Gasteiger partial charge is 0.318 e. The van der Waals surface area contributed by atoms with Crippen molar-refractivity contribution in [1.29, 1.82) is 0 Å². The molecule has 0 aliphatic carbocycles. The molecule has 1 N–H and O–H groups in total. The van der Waals surface area contributed by atoms with E-state index in [1.165, 1.54) is 0 Å². The first-order chi connectivity index (χ1) is 9.80. The zero-order chi connectivity index (χ0) is 15.8. The van der Waals surface area contributed by atoms with Crippen LogP contribution in [0.1, 0.15) is 52.8 Å². The summed E-state index contributed by atoms with van der Waals surface area (Å²) < 4.78 is 0. The van der Waals surface area contributed by atoms with Gasteiger partial charge in [-0.1, -0.05) is 44.5 Å². The summed E-state index contributed by atoms with van der Waals surface area (Å²) in [6, 6.07) is 7.92. The quantitative estimate of drug-likeness (QED) is 0.912. The van der Waals surface area contributed by atoms with E-state index in [1.54, 1.807) is 0 Å². The highest BCUT2D eigenvalue weighted by atomic mass is 35.5. The van der Waals surface area contributed by atoms with Crippen LogP contribution in [-0.2, 0) is 4.79 Å². The van der Waals surface area contributed by atoms with E-state index in [0.717, 1.165) is 12.0 Å². The highest BCUT2D eigenvalue weighted by Crippen LogP contribution is 2.36. The zero-order valence-electron chi connectivity index (χ0n) is 13.5. The van der Waals surface area contributed by atoms with Crippen LogP contribution in [0.15, 0.2) is 24.3 Å². The van der Waals surface area contributed by atoms with Crippen molar-refractivity contribution in [2.75, 3.05) is 0 Å². The Bertz CT molecular complexity index is 514. The van der Waals surface area contributed by atoms with Crippen molar-refractivity contribution in [2.45, 2.75) is 58.8 Å². The molecule has 1 aliphatic heterocycles. The second kappa shape index (κ2) is 5.98. The number of nitrogens with one attached hydrogen (secondary N) is 1. The molecule has 1 saturated heterocycles. The molecule has 1 amide bonds. The average Bonchev–Trinajstić information content (AvgIpc) is 2.72. The lowest BCUT2D eigenvalue weighted by molar-refractivity contribution is -0.135. The number of nitrogens with zero attached hydrogens (tertiary/aromatic N) is 1. The molecule has 1 heterocycles. The minimum Gasteiger partial charge on any atom is -0.318 e. The monoisotopic (exact) mass is 308 g/mol. The molecule has 0 bridgehead atoms. The molecule has 3 atom stereocenters. The SMILES string of the molecule is CCC1(C)NC(c2ccc(Cl)cc2)N(C(C)C(C)C)C1=O. The summed E-state index contributed by atoms with van der Waals surface area (Å²) in [5, 5.41) is 4.23. The summed E-state index contributed by atoms with van der Waals surface area (Å²) in [5.74, 6) is 0.593. The Morgan fingerprint density at radius 3 is 2.33 bits per heavy atom. The number of hydrogen-bond donors (Lipinski definition) is 1. The molecule has 1 aromatic rings. The highest BCUT2D eigenvalue weighted by Gasteiger charge is 2.49. The van der Waals surface area contributed by atoms with Gasteiger partial charge in [0.2, 0.25) is 5.91 Å². The third-order valence-electron chi connectivity index (χ3n) is 4.74. The van der Waals surface area contributed by atoms with Gasteiger partial charge in [0.25, 0.3) is 0 Å². The van der Waals surface area contributed by atoms with Gasteiger partial charge in [-0.25, -0.2) is 0 Å². The van der Waals surface area contributed by atoms with Crippen LogP contribution in [0.2, 0.25) is 5.02 Å².